The molecule has 0 amide bonds. The maximum absolute atomic E-state index is 17.4. The third kappa shape index (κ3) is 45.6. The van der Waals surface area contributed by atoms with Crippen LogP contribution in [0, 0.1) is 0 Å². The molecular weight excluding hydrogens is 1830 g/mol. The summed E-state index contributed by atoms with van der Waals surface area (Å²) in [6, 6.07) is 79.8. The van der Waals surface area contributed by atoms with Crippen LogP contribution >= 0.6 is 31.3 Å². The van der Waals surface area contributed by atoms with Crippen molar-refractivity contribution < 1.29 is 111 Å². The fourth-order valence-electron chi connectivity index (χ4n) is 15.9. The first kappa shape index (κ1) is 112. The third-order valence-electron chi connectivity index (χ3n) is 23.6. The summed E-state index contributed by atoms with van der Waals surface area (Å²) < 4.78 is 189. The minimum absolute atomic E-state index is 0.00516. The monoisotopic (exact) mass is 1980 g/mol. The summed E-state index contributed by atoms with van der Waals surface area (Å²) >= 11 is 0. The smallest absolute Gasteiger partial charge is 0.462 e. The molecule has 28 heteroatoms. The molecule has 0 saturated heterocycles. The first-order valence-corrected chi connectivity index (χ1v) is 55.9. The molecule has 0 spiro atoms. The van der Waals surface area contributed by atoms with Gasteiger partial charge in [-0.15, -0.1) is 0 Å². The van der Waals surface area contributed by atoms with Crippen molar-refractivity contribution >= 4 is 43.2 Å². The van der Waals surface area contributed by atoms with Gasteiger partial charge >= 0.3 is 43.2 Å². The standard InChI is InChI=1S/C110H148O24P4/c1-3-5-7-9-11-13-15-17-19-21-23-25-27-29-58-78-103(111)119-89-102(130-104(112)79-59-30-28-26-24-22-20-18-16-14-12-10-8-6-4-2)90-129-138(116,128-88-101-76-56-39-57-77-101)131-107-105(120-91-117-80-93-60-40-31-41-61-93)108(132-135(113,122-82-95-64-44-33-45-65-95)123-83-96-66-46-34-47-67-96)110(134-137(115,126-86-99-72-52-37-53-73-99)127-87-100-74-54-38-55-75-100)109(106(107)121-92-118-81-94-62-42-32-43-63-94)133-136(114,124-84-97-68-48-35-49-69-97)125-85-98-70-50-36-51-71-98/h31-57,60-77,102,105-110H,3-30,58-59,78-92H2,1-2H3/t102-,105+,106+,107?,108-,109+,110?,138?/m1/s1. The van der Waals surface area contributed by atoms with Gasteiger partial charge in [0.25, 0.3) is 0 Å². The van der Waals surface area contributed by atoms with Crippen LogP contribution in [0.4, 0.5) is 0 Å². The number of benzene rings is 9. The Morgan fingerprint density at radius 1 is 0.232 bits per heavy atom. The van der Waals surface area contributed by atoms with Crippen LogP contribution in [0.3, 0.4) is 0 Å². The molecule has 0 heterocycles. The number of esters is 2. The Kier molecular flexibility index (Phi) is 54.4. The first-order chi connectivity index (χ1) is 67.6. The molecule has 0 bridgehead atoms. The lowest BCUT2D eigenvalue weighted by atomic mass is 9.84. The summed E-state index contributed by atoms with van der Waals surface area (Å²) in [5, 5.41) is 0. The molecule has 0 radical (unpaired) electrons. The van der Waals surface area contributed by atoms with Crippen LogP contribution in [0.15, 0.2) is 273 Å². The molecule has 10 rings (SSSR count). The predicted molar refractivity (Wildman–Crippen MR) is 536 cm³/mol. The molecule has 0 aliphatic heterocycles. The second-order valence-electron chi connectivity index (χ2n) is 35.0. The molecule has 24 nitrogen and oxygen atoms in total. The van der Waals surface area contributed by atoms with Gasteiger partial charge in [-0.3, -0.25) is 63.9 Å². The zero-order valence-electron chi connectivity index (χ0n) is 80.9. The lowest BCUT2D eigenvalue weighted by molar-refractivity contribution is -0.264. The van der Waals surface area contributed by atoms with E-state index in [1.54, 1.807) is 212 Å². The van der Waals surface area contributed by atoms with E-state index in [0.29, 0.717) is 62.9 Å². The Bertz CT molecular complexity index is 4550. The number of hydrogen-bond acceptors (Lipinski definition) is 24. The van der Waals surface area contributed by atoms with Crippen LogP contribution in [0.5, 0.6) is 0 Å². The van der Waals surface area contributed by atoms with E-state index in [1.165, 1.54) is 122 Å². The van der Waals surface area contributed by atoms with Crippen molar-refractivity contribution in [2.24, 2.45) is 0 Å². The highest BCUT2D eigenvalue weighted by atomic mass is 31.2. The largest absolute Gasteiger partial charge is 0.475 e. The van der Waals surface area contributed by atoms with Gasteiger partial charge < -0.3 is 28.4 Å². The zero-order valence-corrected chi connectivity index (χ0v) is 84.5. The maximum Gasteiger partial charge on any atom is 0.475 e. The first-order valence-electron chi connectivity index (χ1n) is 50.0. The Labute approximate surface area is 820 Å². The number of ether oxygens (including phenoxy) is 6. The van der Waals surface area contributed by atoms with Crippen molar-refractivity contribution in [1.82, 2.24) is 0 Å². The third-order valence-corrected chi connectivity index (χ3v) is 29.2. The van der Waals surface area contributed by atoms with Crippen molar-refractivity contribution in [2.75, 3.05) is 26.8 Å². The molecule has 9 aromatic rings. The molecule has 1 fully saturated rings. The molecule has 3 unspecified atom stereocenters. The van der Waals surface area contributed by atoms with Crippen LogP contribution in [0.25, 0.3) is 0 Å². The van der Waals surface area contributed by atoms with Gasteiger partial charge in [0.15, 0.2) is 6.10 Å². The number of carbonyl (C=O) groups is 2. The Morgan fingerprint density at radius 2 is 0.428 bits per heavy atom. The molecule has 0 aromatic heterocycles. The van der Waals surface area contributed by atoms with Crippen molar-refractivity contribution in [2.45, 2.75) is 322 Å². The Morgan fingerprint density at radius 3 is 0.667 bits per heavy atom. The van der Waals surface area contributed by atoms with E-state index in [-0.39, 0.29) is 26.1 Å². The number of phosphoric acid groups is 4. The minimum Gasteiger partial charge on any atom is -0.462 e. The Hall–Kier alpha value is -7.80. The van der Waals surface area contributed by atoms with Gasteiger partial charge in [-0.05, 0) is 62.9 Å². The molecule has 8 atom stereocenters. The van der Waals surface area contributed by atoms with Gasteiger partial charge in [-0.25, -0.2) is 18.3 Å². The topological polar surface area (TPSA) is 269 Å². The summed E-state index contributed by atoms with van der Waals surface area (Å²) in [5.74, 6) is -1.19. The van der Waals surface area contributed by atoms with Crippen LogP contribution in [0.2, 0.25) is 0 Å². The van der Waals surface area contributed by atoms with Crippen molar-refractivity contribution in [1.29, 1.82) is 0 Å². The zero-order chi connectivity index (χ0) is 96.8. The van der Waals surface area contributed by atoms with Crippen molar-refractivity contribution in [3.05, 3.63) is 323 Å². The molecule has 1 aliphatic rings. The van der Waals surface area contributed by atoms with Gasteiger partial charge in [0.05, 0.1) is 66.1 Å². The van der Waals surface area contributed by atoms with Gasteiger partial charge in [0.2, 0.25) is 0 Å². The van der Waals surface area contributed by atoms with E-state index in [9.17, 15) is 9.59 Å². The summed E-state index contributed by atoms with van der Waals surface area (Å²) in [7, 11) is -21.7. The number of carbonyl (C=O) groups excluding carboxylic acids is 2. The van der Waals surface area contributed by atoms with E-state index in [2.05, 4.69) is 13.8 Å². The molecule has 138 heavy (non-hydrogen) atoms. The van der Waals surface area contributed by atoms with Crippen LogP contribution in [-0.4, -0.2) is 81.5 Å². The molecule has 752 valence electrons. The predicted octanol–water partition coefficient (Wildman–Crippen LogP) is 29.6. The quantitative estimate of drug-likeness (QED) is 0.0148. The van der Waals surface area contributed by atoms with Crippen LogP contribution in [0.1, 0.15) is 269 Å². The summed E-state index contributed by atoms with van der Waals surface area (Å²) in [5.41, 5.74) is 4.91. The lowest BCUT2D eigenvalue weighted by Gasteiger charge is -2.49. The lowest BCUT2D eigenvalue weighted by Crippen LogP contribution is -2.67. The molecule has 1 saturated carbocycles. The van der Waals surface area contributed by atoms with Gasteiger partial charge in [0.1, 0.15) is 56.8 Å². The van der Waals surface area contributed by atoms with Crippen molar-refractivity contribution in [3.8, 4) is 0 Å². The minimum atomic E-state index is -5.56. The fourth-order valence-corrected chi connectivity index (χ4v) is 21.3. The van der Waals surface area contributed by atoms with E-state index in [1.807, 2.05) is 60.7 Å². The van der Waals surface area contributed by atoms with E-state index >= 15 is 18.3 Å². The van der Waals surface area contributed by atoms with E-state index in [0.717, 1.165) is 57.8 Å². The molecule has 9 aromatic carbocycles. The molecular formula is C110H148O24P4. The van der Waals surface area contributed by atoms with E-state index in [4.69, 9.17) is 82.7 Å². The number of rotatable bonds is 77. The van der Waals surface area contributed by atoms with Crippen LogP contribution < -0.4 is 0 Å². The second kappa shape index (κ2) is 66.9. The number of phosphoric ester groups is 4. The highest BCUT2D eigenvalue weighted by Gasteiger charge is 2.63. The fraction of sp³-hybridized carbons (Fsp3) is 0.491. The van der Waals surface area contributed by atoms with Gasteiger partial charge in [-0.2, -0.15) is 0 Å². The Balaban J connectivity index is 1.09. The number of unbranched alkanes of at least 4 members (excludes halogenated alkanes) is 28. The van der Waals surface area contributed by atoms with Crippen LogP contribution in [-0.2, 0) is 170 Å². The number of hydrogen-bond donors (Lipinski definition) is 0. The van der Waals surface area contributed by atoms with Gasteiger partial charge in [-0.1, -0.05) is 467 Å². The van der Waals surface area contributed by atoms with E-state index < -0.39 is 159 Å². The average Bonchev–Trinajstić information content (AvgIpc) is 0.739. The summed E-state index contributed by atoms with van der Waals surface area (Å²) in [6.45, 7) is -1.66. The van der Waals surface area contributed by atoms with Gasteiger partial charge in [0, 0.05) is 12.8 Å². The highest BCUT2D eigenvalue weighted by molar-refractivity contribution is 7.49. The molecule has 0 N–H and O–H groups in total. The van der Waals surface area contributed by atoms with Crippen molar-refractivity contribution in [3.63, 3.8) is 0 Å². The maximum atomic E-state index is 17.4. The average molecular weight is 1980 g/mol. The second-order valence-corrected chi connectivity index (χ2v) is 41.5. The molecule has 1 aliphatic carbocycles. The highest BCUT2D eigenvalue weighted by Crippen LogP contribution is 2.63. The summed E-state index contributed by atoms with van der Waals surface area (Å²) in [6.07, 6.45) is 19.4. The summed E-state index contributed by atoms with van der Waals surface area (Å²) in [4.78, 5) is 28.6. The SMILES string of the molecule is CCCCCCCCCCCCCCCCCC(=O)OC[C@H](COP(=O)(OCc1ccccc1)OC1[C@H](OCOCc2ccccc2)[C@H](OP(=O)(OCc2ccccc2)OCc2ccccc2)C(OP(=O)(OCc2ccccc2)OCc2ccccc2)[C@H](OP(=O)(OCc2ccccc2)OCc2ccccc2)[C@H]1OCOCc1ccccc1)OC(=O)CCCCCCCCCCCCCCCCC. The normalized spacial score (nSPS) is 16.4.